The number of benzene rings is 1. The number of nitrogens with one attached hydrogen (secondary N) is 1. The largest absolute Gasteiger partial charge is 0.328 e. The van der Waals surface area contributed by atoms with E-state index >= 15 is 0 Å². The van der Waals surface area contributed by atoms with Crippen molar-refractivity contribution >= 4 is 22.2 Å². The molecule has 0 unspecified atom stereocenters. The molecule has 0 saturated carbocycles. The van der Waals surface area contributed by atoms with Crippen LogP contribution in [0.25, 0.3) is 33.5 Å². The summed E-state index contributed by atoms with van der Waals surface area (Å²) in [5, 5.41) is 1.05. The quantitative estimate of drug-likeness (QED) is 0.630. The van der Waals surface area contributed by atoms with E-state index in [1.165, 1.54) is 0 Å². The molecule has 6 nitrogen and oxygen atoms in total. The molecule has 0 spiro atoms. The summed E-state index contributed by atoms with van der Waals surface area (Å²) in [6.07, 6.45) is 3.45. The molecule has 0 fully saturated rings. The molecule has 0 radical (unpaired) electrons. The molecule has 0 atom stereocenters. The van der Waals surface area contributed by atoms with Crippen LogP contribution in [-0.2, 0) is 6.54 Å². The van der Waals surface area contributed by atoms with Crippen LogP contribution in [-0.4, -0.2) is 24.5 Å². The lowest BCUT2D eigenvalue weighted by atomic mass is 10.1. The zero-order chi connectivity index (χ0) is 16.7. The molecule has 1 aromatic carbocycles. The van der Waals surface area contributed by atoms with Gasteiger partial charge in [0.15, 0.2) is 11.3 Å². The summed E-state index contributed by atoms with van der Waals surface area (Å²) in [6.45, 7) is 4.74. The highest BCUT2D eigenvalue weighted by Gasteiger charge is 2.13. The molecule has 0 aliphatic rings. The van der Waals surface area contributed by atoms with Gasteiger partial charge in [0.2, 0.25) is 0 Å². The monoisotopic (exact) mass is 319 g/mol. The fourth-order valence-electron chi connectivity index (χ4n) is 2.90. The van der Waals surface area contributed by atoms with Gasteiger partial charge in [0.25, 0.3) is 0 Å². The second-order valence-corrected chi connectivity index (χ2v) is 6.24. The van der Waals surface area contributed by atoms with Crippen molar-refractivity contribution in [3.8, 4) is 11.3 Å². The molecule has 3 aromatic heterocycles. The fraction of sp³-hybridized carbons (Fsp3) is 0.222. The van der Waals surface area contributed by atoms with Gasteiger partial charge < -0.3 is 0 Å². The van der Waals surface area contributed by atoms with Gasteiger partial charge in [0.1, 0.15) is 0 Å². The van der Waals surface area contributed by atoms with E-state index in [1.807, 2.05) is 30.3 Å². The van der Waals surface area contributed by atoms with E-state index in [4.69, 9.17) is 4.98 Å². The van der Waals surface area contributed by atoms with Gasteiger partial charge in [-0.1, -0.05) is 38.1 Å². The van der Waals surface area contributed by atoms with Gasteiger partial charge in [0.05, 0.1) is 17.4 Å². The summed E-state index contributed by atoms with van der Waals surface area (Å²) in [5.41, 5.74) is 3.42. The molecule has 0 aliphatic heterocycles. The van der Waals surface area contributed by atoms with Crippen LogP contribution >= 0.6 is 0 Å². The fourth-order valence-corrected chi connectivity index (χ4v) is 2.90. The molecule has 0 bridgehead atoms. The van der Waals surface area contributed by atoms with Crippen molar-refractivity contribution in [3.05, 3.63) is 53.2 Å². The Morgan fingerprint density at radius 3 is 2.83 bits per heavy atom. The number of pyridine rings is 1. The molecular formula is C18H17N5O. The van der Waals surface area contributed by atoms with E-state index in [1.54, 1.807) is 17.0 Å². The maximum absolute atomic E-state index is 12.1. The molecular weight excluding hydrogens is 302 g/mol. The standard InChI is InChI=1S/C18H17N5O/c1-11(2)10-23-17-16(22-18(23)24)20-9-14(21-17)13-7-3-5-12-6-4-8-19-15(12)13/h3-9,11H,10H2,1-2H3,(H,20,22,24). The topological polar surface area (TPSA) is 76.5 Å². The van der Waals surface area contributed by atoms with Crippen LogP contribution in [0.4, 0.5) is 0 Å². The SMILES string of the molecule is CC(C)Cn1c(=O)[nH]c2ncc(-c3cccc4cccnc34)nc21. The molecule has 4 rings (SSSR count). The zero-order valence-corrected chi connectivity index (χ0v) is 13.5. The highest BCUT2D eigenvalue weighted by atomic mass is 16.1. The number of hydrogen-bond donors (Lipinski definition) is 1. The first kappa shape index (κ1) is 14.6. The molecule has 6 heteroatoms. The van der Waals surface area contributed by atoms with Crippen molar-refractivity contribution < 1.29 is 0 Å². The first-order valence-corrected chi connectivity index (χ1v) is 7.93. The molecule has 1 N–H and O–H groups in total. The first-order valence-electron chi connectivity index (χ1n) is 7.93. The van der Waals surface area contributed by atoms with Gasteiger partial charge in [-0.05, 0) is 12.0 Å². The van der Waals surface area contributed by atoms with Crippen LogP contribution in [0.2, 0.25) is 0 Å². The molecule has 0 aliphatic carbocycles. The normalized spacial score (nSPS) is 11.6. The minimum atomic E-state index is -0.174. The van der Waals surface area contributed by atoms with E-state index in [9.17, 15) is 4.79 Å². The van der Waals surface area contributed by atoms with Crippen molar-refractivity contribution in [1.29, 1.82) is 0 Å². The Morgan fingerprint density at radius 1 is 1.17 bits per heavy atom. The third-order valence-corrected chi connectivity index (χ3v) is 3.94. The lowest BCUT2D eigenvalue weighted by Gasteiger charge is -2.07. The van der Waals surface area contributed by atoms with Crippen molar-refractivity contribution in [1.82, 2.24) is 24.5 Å². The van der Waals surface area contributed by atoms with Gasteiger partial charge in [-0.15, -0.1) is 0 Å². The summed E-state index contributed by atoms with van der Waals surface area (Å²) in [6, 6.07) is 9.89. The number of fused-ring (bicyclic) bond motifs is 2. The van der Waals surface area contributed by atoms with Crippen LogP contribution in [0.1, 0.15) is 13.8 Å². The van der Waals surface area contributed by atoms with Crippen molar-refractivity contribution in [3.63, 3.8) is 0 Å². The molecule has 3 heterocycles. The predicted molar refractivity (Wildman–Crippen MR) is 93.7 cm³/mol. The second-order valence-electron chi connectivity index (χ2n) is 6.24. The lowest BCUT2D eigenvalue weighted by Crippen LogP contribution is -2.19. The average Bonchev–Trinajstić information content (AvgIpc) is 2.89. The Labute approximate surface area is 138 Å². The number of H-pyrrole nitrogens is 1. The van der Waals surface area contributed by atoms with Gasteiger partial charge >= 0.3 is 5.69 Å². The molecule has 120 valence electrons. The lowest BCUT2D eigenvalue weighted by molar-refractivity contribution is 0.520. The first-order chi connectivity index (χ1) is 11.6. The Balaban J connectivity index is 1.95. The van der Waals surface area contributed by atoms with Crippen LogP contribution in [0, 0.1) is 5.92 Å². The highest BCUT2D eigenvalue weighted by molar-refractivity contribution is 5.92. The minimum absolute atomic E-state index is 0.174. The van der Waals surface area contributed by atoms with Crippen molar-refractivity contribution in [2.45, 2.75) is 20.4 Å². The number of rotatable bonds is 3. The van der Waals surface area contributed by atoms with Crippen LogP contribution in [0.5, 0.6) is 0 Å². The van der Waals surface area contributed by atoms with E-state index in [0.717, 1.165) is 16.5 Å². The Kier molecular flexibility index (Phi) is 3.37. The molecule has 0 saturated heterocycles. The number of imidazole rings is 1. The van der Waals surface area contributed by atoms with Crippen molar-refractivity contribution in [2.75, 3.05) is 0 Å². The molecule has 0 amide bonds. The minimum Gasteiger partial charge on any atom is -0.289 e. The maximum Gasteiger partial charge on any atom is 0.328 e. The summed E-state index contributed by atoms with van der Waals surface area (Å²) < 4.78 is 1.65. The average molecular weight is 319 g/mol. The van der Waals surface area contributed by atoms with E-state index < -0.39 is 0 Å². The molecule has 24 heavy (non-hydrogen) atoms. The van der Waals surface area contributed by atoms with E-state index in [-0.39, 0.29) is 5.69 Å². The van der Waals surface area contributed by atoms with Crippen LogP contribution in [0.3, 0.4) is 0 Å². The number of aromatic nitrogens is 5. The number of nitrogens with zero attached hydrogens (tertiary/aromatic N) is 4. The van der Waals surface area contributed by atoms with Gasteiger partial charge in [0, 0.05) is 23.7 Å². The van der Waals surface area contributed by atoms with E-state index in [0.29, 0.717) is 29.5 Å². The van der Waals surface area contributed by atoms with Gasteiger partial charge in [-0.3, -0.25) is 14.5 Å². The summed E-state index contributed by atoms with van der Waals surface area (Å²) in [5.74, 6) is 0.339. The summed E-state index contributed by atoms with van der Waals surface area (Å²) in [7, 11) is 0. The number of hydrogen-bond acceptors (Lipinski definition) is 4. The third-order valence-electron chi connectivity index (χ3n) is 3.94. The van der Waals surface area contributed by atoms with Crippen LogP contribution < -0.4 is 5.69 Å². The van der Waals surface area contributed by atoms with Gasteiger partial charge in [-0.25, -0.2) is 14.8 Å². The smallest absolute Gasteiger partial charge is 0.289 e. The summed E-state index contributed by atoms with van der Waals surface area (Å²) in [4.78, 5) is 28.5. The number of aromatic amines is 1. The summed E-state index contributed by atoms with van der Waals surface area (Å²) >= 11 is 0. The van der Waals surface area contributed by atoms with E-state index in [2.05, 4.69) is 28.8 Å². The second kappa shape index (κ2) is 5.56. The molecule has 4 aromatic rings. The highest BCUT2D eigenvalue weighted by Crippen LogP contribution is 2.25. The Bertz CT molecular complexity index is 1090. The Hall–Kier alpha value is -3.02. The van der Waals surface area contributed by atoms with Crippen molar-refractivity contribution in [2.24, 2.45) is 5.92 Å². The zero-order valence-electron chi connectivity index (χ0n) is 13.5. The third kappa shape index (κ3) is 2.36. The van der Waals surface area contributed by atoms with Gasteiger partial charge in [-0.2, -0.15) is 0 Å². The maximum atomic E-state index is 12.1. The Morgan fingerprint density at radius 2 is 2.00 bits per heavy atom. The number of para-hydroxylation sites is 1. The van der Waals surface area contributed by atoms with Crippen LogP contribution in [0.15, 0.2) is 47.5 Å². The predicted octanol–water partition coefficient (Wildman–Crippen LogP) is 2.99.